The van der Waals surface area contributed by atoms with Crippen LogP contribution in [0.25, 0.3) is 0 Å². The number of carbonyl (C=O) groups is 1. The summed E-state index contributed by atoms with van der Waals surface area (Å²) >= 11 is 1.56. The van der Waals surface area contributed by atoms with E-state index in [0.717, 1.165) is 16.9 Å². The highest BCUT2D eigenvalue weighted by Crippen LogP contribution is 2.13. The maximum absolute atomic E-state index is 11.8. The highest BCUT2D eigenvalue weighted by molar-refractivity contribution is 7.11. The average molecular weight is 316 g/mol. The minimum absolute atomic E-state index is 0.0525. The second-order valence-electron chi connectivity index (χ2n) is 4.91. The van der Waals surface area contributed by atoms with E-state index in [1.165, 1.54) is 5.56 Å². The first-order valence-electron chi connectivity index (χ1n) is 7.26. The standard InChI is InChI=1S/C17H20N2O2S/c1-3-14-6-8-15(9-7-14)13(2)19-17(20)12-21-18-11-16-5-4-10-22-16/h4-11,13H,3,12H2,1-2H3,(H,19,20)/b18-11+. The Hall–Kier alpha value is -2.14. The number of benzene rings is 1. The molecule has 0 saturated heterocycles. The van der Waals surface area contributed by atoms with Crippen molar-refractivity contribution in [3.05, 3.63) is 57.8 Å². The van der Waals surface area contributed by atoms with E-state index in [0.29, 0.717) is 0 Å². The monoisotopic (exact) mass is 316 g/mol. The lowest BCUT2D eigenvalue weighted by Crippen LogP contribution is -2.29. The van der Waals surface area contributed by atoms with Gasteiger partial charge in [0.25, 0.3) is 5.91 Å². The molecule has 1 heterocycles. The van der Waals surface area contributed by atoms with E-state index in [4.69, 9.17) is 4.84 Å². The Balaban J connectivity index is 1.75. The Kier molecular flexibility index (Phi) is 6.15. The van der Waals surface area contributed by atoms with Crippen LogP contribution in [-0.2, 0) is 16.1 Å². The molecule has 0 aliphatic heterocycles. The first-order chi connectivity index (χ1) is 10.7. The average Bonchev–Trinajstić information content (AvgIpc) is 3.05. The first-order valence-corrected chi connectivity index (χ1v) is 8.14. The summed E-state index contributed by atoms with van der Waals surface area (Å²) in [5.41, 5.74) is 2.36. The van der Waals surface area contributed by atoms with Crippen LogP contribution in [0.1, 0.15) is 35.9 Å². The summed E-state index contributed by atoms with van der Waals surface area (Å²) in [6, 6.07) is 12.1. The zero-order chi connectivity index (χ0) is 15.8. The topological polar surface area (TPSA) is 50.7 Å². The van der Waals surface area contributed by atoms with Crippen LogP contribution in [0.15, 0.2) is 46.9 Å². The van der Waals surface area contributed by atoms with Crippen molar-refractivity contribution in [3.63, 3.8) is 0 Å². The Bertz CT molecular complexity index is 606. The number of carbonyl (C=O) groups excluding carboxylic acids is 1. The Labute approximate surface area is 134 Å². The molecule has 4 nitrogen and oxygen atoms in total. The van der Waals surface area contributed by atoms with E-state index >= 15 is 0 Å². The molecule has 1 amide bonds. The fourth-order valence-electron chi connectivity index (χ4n) is 1.96. The minimum atomic E-state index is -0.185. The van der Waals surface area contributed by atoms with Crippen molar-refractivity contribution in [1.29, 1.82) is 0 Å². The summed E-state index contributed by atoms with van der Waals surface area (Å²) in [6.45, 7) is 3.99. The predicted molar refractivity (Wildman–Crippen MR) is 90.2 cm³/mol. The van der Waals surface area contributed by atoms with Gasteiger partial charge in [0.05, 0.1) is 12.3 Å². The third kappa shape index (κ3) is 5.00. The van der Waals surface area contributed by atoms with Gasteiger partial charge in [0.2, 0.25) is 0 Å². The molecular formula is C17H20N2O2S. The molecule has 1 aromatic heterocycles. The van der Waals surface area contributed by atoms with Gasteiger partial charge < -0.3 is 10.2 Å². The lowest BCUT2D eigenvalue weighted by molar-refractivity contribution is -0.126. The predicted octanol–water partition coefficient (Wildman–Crippen LogP) is 3.54. The summed E-state index contributed by atoms with van der Waals surface area (Å²) < 4.78 is 0. The van der Waals surface area contributed by atoms with Crippen LogP contribution in [0.3, 0.4) is 0 Å². The molecule has 1 atom stereocenters. The van der Waals surface area contributed by atoms with Gasteiger partial charge in [-0.2, -0.15) is 0 Å². The molecule has 0 spiro atoms. The number of nitrogens with zero attached hydrogens (tertiary/aromatic N) is 1. The summed E-state index contributed by atoms with van der Waals surface area (Å²) in [4.78, 5) is 17.8. The van der Waals surface area contributed by atoms with Gasteiger partial charge in [-0.15, -0.1) is 11.3 Å². The summed E-state index contributed by atoms with van der Waals surface area (Å²) in [5, 5.41) is 8.63. The van der Waals surface area contributed by atoms with Crippen molar-refractivity contribution in [2.24, 2.45) is 5.16 Å². The molecule has 0 saturated carbocycles. The highest BCUT2D eigenvalue weighted by atomic mass is 32.1. The normalized spacial score (nSPS) is 12.3. The largest absolute Gasteiger partial charge is 0.386 e. The molecule has 0 radical (unpaired) electrons. The summed E-state index contributed by atoms with van der Waals surface area (Å²) in [7, 11) is 0. The fraction of sp³-hybridized carbons (Fsp3) is 0.294. The number of amides is 1. The van der Waals surface area contributed by atoms with Gasteiger partial charge in [0, 0.05) is 4.88 Å². The Morgan fingerprint density at radius 3 is 2.77 bits per heavy atom. The van der Waals surface area contributed by atoms with Crippen molar-refractivity contribution >= 4 is 23.5 Å². The second kappa shape index (κ2) is 8.34. The Morgan fingerprint density at radius 2 is 2.14 bits per heavy atom. The zero-order valence-corrected chi connectivity index (χ0v) is 13.6. The van der Waals surface area contributed by atoms with E-state index < -0.39 is 0 Å². The maximum Gasteiger partial charge on any atom is 0.261 e. The molecule has 0 aliphatic carbocycles. The molecule has 1 aromatic carbocycles. The smallest absolute Gasteiger partial charge is 0.261 e. The SMILES string of the molecule is CCc1ccc(C(C)NC(=O)CO/N=C/c2cccs2)cc1. The number of aryl methyl sites for hydroxylation is 1. The number of oxime groups is 1. The number of hydrogen-bond acceptors (Lipinski definition) is 4. The Morgan fingerprint density at radius 1 is 1.36 bits per heavy atom. The molecule has 0 aliphatic rings. The lowest BCUT2D eigenvalue weighted by atomic mass is 10.1. The van der Waals surface area contributed by atoms with E-state index in [2.05, 4.69) is 29.5 Å². The highest BCUT2D eigenvalue weighted by Gasteiger charge is 2.09. The molecule has 116 valence electrons. The van der Waals surface area contributed by atoms with Gasteiger partial charge in [-0.25, -0.2) is 0 Å². The van der Waals surface area contributed by atoms with Crippen molar-refractivity contribution in [2.75, 3.05) is 6.61 Å². The zero-order valence-electron chi connectivity index (χ0n) is 12.8. The fourth-order valence-corrected chi connectivity index (χ4v) is 2.53. The molecule has 2 rings (SSSR count). The minimum Gasteiger partial charge on any atom is -0.386 e. The molecule has 22 heavy (non-hydrogen) atoms. The molecule has 1 N–H and O–H groups in total. The van der Waals surface area contributed by atoms with E-state index in [1.807, 2.05) is 36.6 Å². The van der Waals surface area contributed by atoms with E-state index in [1.54, 1.807) is 17.6 Å². The van der Waals surface area contributed by atoms with Crippen molar-refractivity contribution in [3.8, 4) is 0 Å². The van der Waals surface area contributed by atoms with Crippen LogP contribution < -0.4 is 5.32 Å². The number of thiophene rings is 1. The number of rotatable bonds is 7. The third-order valence-electron chi connectivity index (χ3n) is 3.26. The van der Waals surface area contributed by atoms with Crippen molar-refractivity contribution in [2.45, 2.75) is 26.3 Å². The molecule has 1 unspecified atom stereocenters. The van der Waals surface area contributed by atoms with Gasteiger partial charge in [-0.3, -0.25) is 4.79 Å². The van der Waals surface area contributed by atoms with E-state index in [-0.39, 0.29) is 18.6 Å². The molecule has 5 heteroatoms. The van der Waals surface area contributed by atoms with Gasteiger partial charge >= 0.3 is 0 Å². The van der Waals surface area contributed by atoms with E-state index in [9.17, 15) is 4.79 Å². The molecule has 2 aromatic rings. The molecular weight excluding hydrogens is 296 g/mol. The third-order valence-corrected chi connectivity index (χ3v) is 4.07. The number of nitrogens with one attached hydrogen (secondary N) is 1. The quantitative estimate of drug-likeness (QED) is 0.627. The van der Waals surface area contributed by atoms with Gasteiger partial charge in [0.1, 0.15) is 0 Å². The van der Waals surface area contributed by atoms with Crippen LogP contribution in [0.5, 0.6) is 0 Å². The summed E-state index contributed by atoms with van der Waals surface area (Å²) in [5.74, 6) is -0.185. The van der Waals surface area contributed by atoms with Crippen molar-refractivity contribution in [1.82, 2.24) is 5.32 Å². The van der Waals surface area contributed by atoms with Gasteiger partial charge in [-0.1, -0.05) is 42.4 Å². The van der Waals surface area contributed by atoms with Gasteiger partial charge in [0.15, 0.2) is 6.61 Å². The second-order valence-corrected chi connectivity index (χ2v) is 5.89. The molecule has 0 bridgehead atoms. The van der Waals surface area contributed by atoms with Crippen LogP contribution in [0.2, 0.25) is 0 Å². The van der Waals surface area contributed by atoms with Crippen LogP contribution in [-0.4, -0.2) is 18.7 Å². The van der Waals surface area contributed by atoms with Gasteiger partial charge in [-0.05, 0) is 35.9 Å². The van der Waals surface area contributed by atoms with Crippen LogP contribution in [0, 0.1) is 0 Å². The van der Waals surface area contributed by atoms with Crippen molar-refractivity contribution < 1.29 is 9.63 Å². The first kappa shape index (κ1) is 16.2. The number of hydrogen-bond donors (Lipinski definition) is 1. The maximum atomic E-state index is 11.8. The van der Waals surface area contributed by atoms with Crippen LogP contribution >= 0.6 is 11.3 Å². The van der Waals surface area contributed by atoms with Crippen LogP contribution in [0.4, 0.5) is 0 Å². The summed E-state index contributed by atoms with van der Waals surface area (Å²) in [6.07, 6.45) is 2.61. The lowest BCUT2D eigenvalue weighted by Gasteiger charge is -2.14. The molecule has 0 fully saturated rings.